The number of rotatable bonds is 4. The van der Waals surface area contributed by atoms with Crippen molar-refractivity contribution in [2.24, 2.45) is 5.92 Å². The van der Waals surface area contributed by atoms with Crippen LogP contribution in [0.2, 0.25) is 0 Å². The van der Waals surface area contributed by atoms with Crippen LogP contribution >= 0.6 is 0 Å². The van der Waals surface area contributed by atoms with Gasteiger partial charge in [0.25, 0.3) is 5.56 Å². The molecule has 1 heterocycles. The van der Waals surface area contributed by atoms with Crippen LogP contribution in [-0.2, 0) is 6.54 Å². The molecule has 1 fully saturated rings. The maximum Gasteiger partial charge on any atom is 0.342 e. The van der Waals surface area contributed by atoms with Crippen LogP contribution in [0.15, 0.2) is 15.8 Å². The SMILES string of the molecule is O=C(O)c1cn(CCC2CC2)c(=O)[nH]c1=O. The maximum absolute atomic E-state index is 11.4. The number of aryl methyl sites for hydroxylation is 1. The fourth-order valence-electron chi connectivity index (χ4n) is 1.56. The van der Waals surface area contributed by atoms with Gasteiger partial charge in [0.15, 0.2) is 0 Å². The fraction of sp³-hybridized carbons (Fsp3) is 0.500. The van der Waals surface area contributed by atoms with Crippen molar-refractivity contribution >= 4 is 5.97 Å². The van der Waals surface area contributed by atoms with Gasteiger partial charge in [-0.15, -0.1) is 0 Å². The van der Waals surface area contributed by atoms with E-state index >= 15 is 0 Å². The molecule has 16 heavy (non-hydrogen) atoms. The molecule has 6 heteroatoms. The monoisotopic (exact) mass is 224 g/mol. The van der Waals surface area contributed by atoms with E-state index in [9.17, 15) is 14.4 Å². The van der Waals surface area contributed by atoms with Gasteiger partial charge in [-0.3, -0.25) is 14.3 Å². The molecule has 2 rings (SSSR count). The van der Waals surface area contributed by atoms with Crippen molar-refractivity contribution in [3.8, 4) is 0 Å². The minimum atomic E-state index is -1.32. The van der Waals surface area contributed by atoms with Crippen LogP contribution in [0.4, 0.5) is 0 Å². The zero-order valence-corrected chi connectivity index (χ0v) is 8.60. The molecule has 0 radical (unpaired) electrons. The van der Waals surface area contributed by atoms with E-state index in [-0.39, 0.29) is 0 Å². The molecular formula is C10H12N2O4. The summed E-state index contributed by atoms with van der Waals surface area (Å²) in [6, 6.07) is 0. The molecule has 1 saturated carbocycles. The highest BCUT2D eigenvalue weighted by Gasteiger charge is 2.21. The second kappa shape index (κ2) is 3.96. The van der Waals surface area contributed by atoms with Gasteiger partial charge in [-0.05, 0) is 12.3 Å². The van der Waals surface area contributed by atoms with Crippen molar-refractivity contribution in [1.82, 2.24) is 9.55 Å². The Morgan fingerprint density at radius 3 is 2.75 bits per heavy atom. The molecule has 86 valence electrons. The van der Waals surface area contributed by atoms with Gasteiger partial charge in [-0.25, -0.2) is 9.59 Å². The Balaban J connectivity index is 2.28. The third kappa shape index (κ3) is 2.21. The number of carboxylic acids is 1. The van der Waals surface area contributed by atoms with Crippen LogP contribution in [0, 0.1) is 5.92 Å². The molecule has 0 amide bonds. The lowest BCUT2D eigenvalue weighted by Gasteiger charge is -2.04. The van der Waals surface area contributed by atoms with Crippen molar-refractivity contribution in [2.45, 2.75) is 25.8 Å². The van der Waals surface area contributed by atoms with Gasteiger partial charge in [0.05, 0.1) is 0 Å². The highest BCUT2D eigenvalue weighted by molar-refractivity contribution is 5.86. The molecule has 6 nitrogen and oxygen atoms in total. The Labute approximate surface area is 90.5 Å². The van der Waals surface area contributed by atoms with E-state index in [0.717, 1.165) is 12.6 Å². The van der Waals surface area contributed by atoms with Gasteiger partial charge in [0.1, 0.15) is 5.56 Å². The number of H-pyrrole nitrogens is 1. The molecule has 0 aliphatic heterocycles. The molecule has 0 aromatic carbocycles. The predicted molar refractivity (Wildman–Crippen MR) is 55.6 cm³/mol. The van der Waals surface area contributed by atoms with E-state index in [1.807, 2.05) is 4.98 Å². The summed E-state index contributed by atoms with van der Waals surface area (Å²) in [6.45, 7) is 0.459. The Kier molecular flexibility index (Phi) is 2.64. The summed E-state index contributed by atoms with van der Waals surface area (Å²) in [5.74, 6) is -0.673. The first kappa shape index (κ1) is 10.7. The van der Waals surface area contributed by atoms with Gasteiger partial charge in [0, 0.05) is 12.7 Å². The number of carbonyl (C=O) groups is 1. The second-order valence-corrected chi connectivity index (χ2v) is 4.03. The van der Waals surface area contributed by atoms with Crippen molar-refractivity contribution < 1.29 is 9.90 Å². The number of hydrogen-bond donors (Lipinski definition) is 2. The van der Waals surface area contributed by atoms with Crippen LogP contribution < -0.4 is 11.2 Å². The second-order valence-electron chi connectivity index (χ2n) is 4.03. The van der Waals surface area contributed by atoms with Gasteiger partial charge >= 0.3 is 11.7 Å². The highest BCUT2D eigenvalue weighted by atomic mass is 16.4. The molecule has 1 aromatic heterocycles. The van der Waals surface area contributed by atoms with Crippen LogP contribution in [0.5, 0.6) is 0 Å². The summed E-state index contributed by atoms with van der Waals surface area (Å²) < 4.78 is 1.25. The average molecular weight is 224 g/mol. The molecule has 1 aliphatic carbocycles. The first-order valence-corrected chi connectivity index (χ1v) is 5.15. The summed E-state index contributed by atoms with van der Waals surface area (Å²) in [6.07, 6.45) is 4.31. The standard InChI is InChI=1S/C10H12N2O4/c13-8-7(9(14)15)5-12(10(16)11-8)4-3-6-1-2-6/h5-6H,1-4H2,(H,14,15)(H,11,13,16). The Morgan fingerprint density at radius 1 is 1.50 bits per heavy atom. The number of nitrogens with one attached hydrogen (secondary N) is 1. The number of nitrogens with zero attached hydrogens (tertiary/aromatic N) is 1. The summed E-state index contributed by atoms with van der Waals surface area (Å²) in [5.41, 5.74) is -1.79. The van der Waals surface area contributed by atoms with Crippen molar-refractivity contribution in [3.63, 3.8) is 0 Å². The number of aromatic carboxylic acids is 1. The molecular weight excluding hydrogens is 212 g/mol. The smallest absolute Gasteiger partial charge is 0.342 e. The molecule has 0 spiro atoms. The molecule has 2 N–H and O–H groups in total. The summed E-state index contributed by atoms with van der Waals surface area (Å²) in [5, 5.41) is 8.74. The third-order valence-electron chi connectivity index (χ3n) is 2.72. The maximum atomic E-state index is 11.4. The van der Waals surface area contributed by atoms with Crippen molar-refractivity contribution in [2.75, 3.05) is 0 Å². The van der Waals surface area contributed by atoms with Gasteiger partial charge in [-0.2, -0.15) is 0 Å². The van der Waals surface area contributed by atoms with E-state index in [2.05, 4.69) is 0 Å². The van der Waals surface area contributed by atoms with Crippen molar-refractivity contribution in [1.29, 1.82) is 0 Å². The Morgan fingerprint density at radius 2 is 2.19 bits per heavy atom. The van der Waals surface area contributed by atoms with E-state index in [1.165, 1.54) is 17.4 Å². The minimum absolute atomic E-state index is 0.393. The summed E-state index contributed by atoms with van der Waals surface area (Å²) >= 11 is 0. The van der Waals surface area contributed by atoms with Gasteiger partial charge < -0.3 is 5.11 Å². The Hall–Kier alpha value is -1.85. The predicted octanol–water partition coefficient (Wildman–Crippen LogP) is 0.0349. The van der Waals surface area contributed by atoms with E-state index in [1.54, 1.807) is 0 Å². The largest absolute Gasteiger partial charge is 0.477 e. The number of aromatic nitrogens is 2. The minimum Gasteiger partial charge on any atom is -0.477 e. The first-order chi connectivity index (χ1) is 7.58. The topological polar surface area (TPSA) is 92.2 Å². The number of hydrogen-bond acceptors (Lipinski definition) is 3. The van der Waals surface area contributed by atoms with Crippen LogP contribution in [-0.4, -0.2) is 20.6 Å². The van der Waals surface area contributed by atoms with Crippen LogP contribution in [0.1, 0.15) is 29.6 Å². The molecule has 0 saturated heterocycles. The number of aromatic amines is 1. The quantitative estimate of drug-likeness (QED) is 0.755. The van der Waals surface area contributed by atoms with Gasteiger partial charge in [0.2, 0.25) is 0 Å². The normalized spacial score (nSPS) is 15.0. The van der Waals surface area contributed by atoms with Crippen LogP contribution in [0.3, 0.4) is 0 Å². The highest BCUT2D eigenvalue weighted by Crippen LogP contribution is 2.32. The lowest BCUT2D eigenvalue weighted by molar-refractivity contribution is 0.0693. The van der Waals surface area contributed by atoms with Crippen LogP contribution in [0.25, 0.3) is 0 Å². The molecule has 0 unspecified atom stereocenters. The zero-order valence-electron chi connectivity index (χ0n) is 8.60. The number of carboxylic acid groups (broad SMARTS) is 1. The fourth-order valence-corrected chi connectivity index (χ4v) is 1.56. The molecule has 1 aliphatic rings. The third-order valence-corrected chi connectivity index (χ3v) is 2.72. The van der Waals surface area contributed by atoms with Gasteiger partial charge in [-0.1, -0.05) is 12.8 Å². The van der Waals surface area contributed by atoms with E-state index < -0.39 is 22.8 Å². The van der Waals surface area contributed by atoms with E-state index in [4.69, 9.17) is 5.11 Å². The Bertz CT molecular complexity index is 524. The molecule has 1 aromatic rings. The summed E-state index contributed by atoms with van der Waals surface area (Å²) in [4.78, 5) is 35.2. The lowest BCUT2D eigenvalue weighted by Crippen LogP contribution is -2.33. The van der Waals surface area contributed by atoms with Crippen molar-refractivity contribution in [3.05, 3.63) is 32.6 Å². The molecule has 0 atom stereocenters. The average Bonchev–Trinajstić information content (AvgIpc) is 2.99. The molecule has 0 bridgehead atoms. The lowest BCUT2D eigenvalue weighted by atomic mass is 10.3. The first-order valence-electron chi connectivity index (χ1n) is 5.15. The van der Waals surface area contributed by atoms with E-state index in [0.29, 0.717) is 12.5 Å². The summed E-state index contributed by atoms with van der Waals surface area (Å²) in [7, 11) is 0. The zero-order chi connectivity index (χ0) is 11.7.